The number of rotatable bonds is 7. The Labute approximate surface area is 187 Å². The molecule has 0 spiro atoms. The summed E-state index contributed by atoms with van der Waals surface area (Å²) in [6, 6.07) is 6.02. The number of nitro groups is 1. The number of amides is 1. The number of β-lactam (4-membered cyclic amide) rings is 1. The normalized spacial score (nSPS) is 21.0. The van der Waals surface area contributed by atoms with Crippen molar-refractivity contribution in [2.45, 2.75) is 31.4 Å². The van der Waals surface area contributed by atoms with Gasteiger partial charge in [0.2, 0.25) is 11.0 Å². The highest BCUT2D eigenvalue weighted by atomic mass is 32.2. The molecule has 1 amide bonds. The molecule has 3 atom stereocenters. The summed E-state index contributed by atoms with van der Waals surface area (Å²) in [5.74, 6) is 0.150. The molecule has 1 aromatic heterocycles. The Hall–Kier alpha value is -2.76. The fourth-order valence-electron chi connectivity index (χ4n) is 3.61. The van der Waals surface area contributed by atoms with Gasteiger partial charge < -0.3 is 14.4 Å². The summed E-state index contributed by atoms with van der Waals surface area (Å²) in [5.41, 5.74) is 1.26. The number of nitro benzene ring substituents is 1. The third-order valence-electron chi connectivity index (χ3n) is 5.32. The van der Waals surface area contributed by atoms with E-state index >= 15 is 0 Å². The Morgan fingerprint density at radius 2 is 2.13 bits per heavy atom. The SMILES string of the molecule is C[C@@H](O)[C@H]1C(=O)N2C(C(=S)OCc3ccc([N+](=O)[O-])cc3)=C(Cc3nccn3C)S[C@H]12. The average molecular weight is 461 g/mol. The van der Waals surface area contributed by atoms with E-state index in [1.165, 1.54) is 23.9 Å². The summed E-state index contributed by atoms with van der Waals surface area (Å²) in [4.78, 5) is 29.9. The van der Waals surface area contributed by atoms with Crippen molar-refractivity contribution in [2.75, 3.05) is 0 Å². The molecular formula is C20H20N4O5S2. The van der Waals surface area contributed by atoms with Crippen molar-refractivity contribution >= 4 is 40.6 Å². The van der Waals surface area contributed by atoms with Crippen LogP contribution < -0.4 is 0 Å². The van der Waals surface area contributed by atoms with E-state index in [-0.39, 0.29) is 28.6 Å². The molecule has 1 N–H and O–H groups in total. The molecule has 4 rings (SSSR count). The molecule has 9 nitrogen and oxygen atoms in total. The van der Waals surface area contributed by atoms with Gasteiger partial charge >= 0.3 is 0 Å². The Kier molecular flexibility index (Phi) is 5.82. The first-order chi connectivity index (χ1) is 14.8. The highest BCUT2D eigenvalue weighted by Gasteiger charge is 2.57. The molecule has 0 radical (unpaired) electrons. The number of hydrogen-bond acceptors (Lipinski definition) is 8. The second-order valence-electron chi connectivity index (χ2n) is 7.39. The molecule has 2 aromatic rings. The number of thiocarbonyl (C=S) groups is 1. The van der Waals surface area contributed by atoms with Crippen molar-refractivity contribution in [3.05, 3.63) is 68.8 Å². The van der Waals surface area contributed by atoms with E-state index in [1.54, 1.807) is 30.2 Å². The fraction of sp³-hybridized carbons (Fsp3) is 0.350. The molecule has 0 unspecified atom stereocenters. The van der Waals surface area contributed by atoms with E-state index < -0.39 is 16.9 Å². The van der Waals surface area contributed by atoms with Crippen LogP contribution in [-0.4, -0.2) is 46.9 Å². The monoisotopic (exact) mass is 460 g/mol. The van der Waals surface area contributed by atoms with Gasteiger partial charge in [-0.05, 0) is 36.8 Å². The van der Waals surface area contributed by atoms with Crippen LogP contribution in [-0.2, 0) is 29.6 Å². The predicted molar refractivity (Wildman–Crippen MR) is 118 cm³/mol. The van der Waals surface area contributed by atoms with Crippen molar-refractivity contribution in [1.82, 2.24) is 14.5 Å². The number of imidazole rings is 1. The molecule has 1 aromatic carbocycles. The number of thioether (sulfide) groups is 1. The lowest BCUT2D eigenvalue weighted by Crippen LogP contribution is -2.60. The zero-order valence-electron chi connectivity index (χ0n) is 16.8. The van der Waals surface area contributed by atoms with Crippen molar-refractivity contribution in [3.8, 4) is 0 Å². The summed E-state index contributed by atoms with van der Waals surface area (Å²) in [7, 11) is 1.89. The second-order valence-corrected chi connectivity index (χ2v) is 8.97. The van der Waals surface area contributed by atoms with Gasteiger partial charge in [0.05, 0.1) is 16.9 Å². The van der Waals surface area contributed by atoms with Crippen molar-refractivity contribution in [2.24, 2.45) is 13.0 Å². The standard InChI is InChI=1S/C20H20N4O5S2/c1-11(25)16-18(26)23-17(14(31-19(16)23)9-15-21-7-8-22(15)2)20(30)29-10-12-3-5-13(6-4-12)24(27)28/h3-8,11,16,19,25H,9-10H2,1-2H3/t11-,16+,19-/m1/s1. The molecule has 2 aliphatic rings. The molecule has 162 valence electrons. The minimum absolute atomic E-state index is 0.00300. The zero-order chi connectivity index (χ0) is 22.3. The molecule has 0 bridgehead atoms. The maximum Gasteiger partial charge on any atom is 0.269 e. The number of ether oxygens (including phenoxy) is 1. The van der Waals surface area contributed by atoms with Gasteiger partial charge in [0, 0.05) is 42.9 Å². The van der Waals surface area contributed by atoms with E-state index in [2.05, 4.69) is 4.98 Å². The largest absolute Gasteiger partial charge is 0.477 e. The lowest BCUT2D eigenvalue weighted by molar-refractivity contribution is -0.384. The number of non-ortho nitro benzene ring substituents is 1. The Balaban J connectivity index is 1.54. The van der Waals surface area contributed by atoms with Crippen LogP contribution in [0.5, 0.6) is 0 Å². The summed E-state index contributed by atoms with van der Waals surface area (Å²) in [5, 5.41) is 20.8. The Morgan fingerprint density at radius 1 is 1.42 bits per heavy atom. The van der Waals surface area contributed by atoms with Gasteiger partial charge in [-0.1, -0.05) is 0 Å². The first-order valence-corrected chi connectivity index (χ1v) is 10.8. The number of allylic oxidation sites excluding steroid dienone is 1. The molecule has 0 aliphatic carbocycles. The lowest BCUT2D eigenvalue weighted by atomic mass is 9.92. The van der Waals surface area contributed by atoms with Crippen LogP contribution in [0.3, 0.4) is 0 Å². The number of nitrogens with zero attached hydrogens (tertiary/aromatic N) is 4. The number of carbonyl (C=O) groups is 1. The van der Waals surface area contributed by atoms with E-state index in [1.807, 2.05) is 17.8 Å². The maximum absolute atomic E-state index is 12.7. The van der Waals surface area contributed by atoms with Crippen LogP contribution in [0.25, 0.3) is 0 Å². The smallest absolute Gasteiger partial charge is 0.269 e. The molecule has 3 heterocycles. The van der Waals surface area contributed by atoms with Crippen molar-refractivity contribution in [3.63, 3.8) is 0 Å². The topological polar surface area (TPSA) is 111 Å². The van der Waals surface area contributed by atoms with Crippen molar-refractivity contribution in [1.29, 1.82) is 0 Å². The maximum atomic E-state index is 12.7. The van der Waals surface area contributed by atoms with E-state index in [0.29, 0.717) is 12.1 Å². The summed E-state index contributed by atoms with van der Waals surface area (Å²) >= 11 is 7.02. The minimum Gasteiger partial charge on any atom is -0.477 e. The van der Waals surface area contributed by atoms with E-state index in [9.17, 15) is 20.0 Å². The van der Waals surface area contributed by atoms with Gasteiger partial charge in [0.15, 0.2) is 0 Å². The van der Waals surface area contributed by atoms with Gasteiger partial charge in [-0.25, -0.2) is 4.98 Å². The van der Waals surface area contributed by atoms with Gasteiger partial charge in [-0.2, -0.15) is 0 Å². The highest BCUT2D eigenvalue weighted by Crippen LogP contribution is 2.51. The molecule has 11 heteroatoms. The van der Waals surface area contributed by atoms with Crippen LogP contribution in [0, 0.1) is 16.0 Å². The molecule has 1 fully saturated rings. The van der Waals surface area contributed by atoms with Gasteiger partial charge in [-0.15, -0.1) is 11.8 Å². The van der Waals surface area contributed by atoms with E-state index in [0.717, 1.165) is 16.3 Å². The summed E-state index contributed by atoms with van der Waals surface area (Å²) in [6.07, 6.45) is 3.27. The second kappa shape index (κ2) is 8.40. The Morgan fingerprint density at radius 3 is 2.71 bits per heavy atom. The Bertz CT molecular complexity index is 1080. The number of carbonyl (C=O) groups excluding carboxylic acids is 1. The van der Waals surface area contributed by atoms with E-state index in [4.69, 9.17) is 17.0 Å². The number of benzene rings is 1. The molecule has 2 aliphatic heterocycles. The third-order valence-corrected chi connectivity index (χ3v) is 7.00. The van der Waals surface area contributed by atoms with Crippen molar-refractivity contribution < 1.29 is 19.6 Å². The number of aliphatic hydroxyl groups excluding tert-OH is 1. The number of aliphatic hydroxyl groups is 1. The molecule has 1 saturated heterocycles. The van der Waals surface area contributed by atoms with Gasteiger partial charge in [0.25, 0.3) is 5.69 Å². The highest BCUT2D eigenvalue weighted by molar-refractivity contribution is 8.04. The summed E-state index contributed by atoms with van der Waals surface area (Å²) in [6.45, 7) is 1.73. The van der Waals surface area contributed by atoms with Crippen LogP contribution >= 0.6 is 24.0 Å². The lowest BCUT2D eigenvalue weighted by Gasteiger charge is -2.44. The van der Waals surface area contributed by atoms with Crippen LogP contribution in [0.1, 0.15) is 18.3 Å². The molecular weight excluding hydrogens is 440 g/mol. The summed E-state index contributed by atoms with van der Waals surface area (Å²) < 4.78 is 7.69. The van der Waals surface area contributed by atoms with Gasteiger partial charge in [-0.3, -0.25) is 19.8 Å². The van der Waals surface area contributed by atoms with Crippen LogP contribution in [0.4, 0.5) is 5.69 Å². The number of aryl methyl sites for hydroxylation is 1. The molecule has 31 heavy (non-hydrogen) atoms. The number of hydrogen-bond donors (Lipinski definition) is 1. The number of fused-ring (bicyclic) bond motifs is 1. The van der Waals surface area contributed by atoms with Crippen LogP contribution in [0.15, 0.2) is 47.3 Å². The van der Waals surface area contributed by atoms with Gasteiger partial charge in [0.1, 0.15) is 23.5 Å². The first kappa shape index (κ1) is 21.5. The fourth-order valence-corrected chi connectivity index (χ4v) is 5.57. The minimum atomic E-state index is -0.760. The average Bonchev–Trinajstić information content (AvgIpc) is 3.27. The van der Waals surface area contributed by atoms with Crippen LogP contribution in [0.2, 0.25) is 0 Å². The third kappa shape index (κ3) is 3.95. The number of aromatic nitrogens is 2. The predicted octanol–water partition coefficient (Wildman–Crippen LogP) is 2.54. The zero-order valence-corrected chi connectivity index (χ0v) is 18.4. The molecule has 0 saturated carbocycles. The first-order valence-electron chi connectivity index (χ1n) is 9.55. The quantitative estimate of drug-likeness (QED) is 0.290.